The Kier molecular flexibility index (Phi) is 4.48. The molecule has 5 nitrogen and oxygen atoms in total. The van der Waals surface area contributed by atoms with Gasteiger partial charge in [0, 0.05) is 12.2 Å². The fraction of sp³-hybridized carbons (Fsp3) is 0.455. The van der Waals surface area contributed by atoms with Crippen LogP contribution in [0.5, 0.6) is 0 Å². The van der Waals surface area contributed by atoms with Crippen LogP contribution in [0.4, 0.5) is 10.8 Å². The van der Waals surface area contributed by atoms with E-state index >= 15 is 0 Å². The number of nitrogens with two attached hydrogens (primary N) is 1. The van der Waals surface area contributed by atoms with Gasteiger partial charge in [0.1, 0.15) is 5.00 Å². The van der Waals surface area contributed by atoms with Crippen LogP contribution in [0.15, 0.2) is 11.1 Å². The minimum absolute atomic E-state index is 0.626. The van der Waals surface area contributed by atoms with Crippen molar-refractivity contribution in [3.8, 4) is 0 Å². The van der Waals surface area contributed by atoms with Gasteiger partial charge in [-0.1, -0.05) is 0 Å². The van der Waals surface area contributed by atoms with Crippen LogP contribution in [0.1, 0.15) is 17.7 Å². The zero-order chi connectivity index (χ0) is 13.0. The molecule has 0 aromatic carbocycles. The zero-order valence-electron chi connectivity index (χ0n) is 10.5. The first-order valence-corrected chi connectivity index (χ1v) is 7.74. The van der Waals surface area contributed by atoms with E-state index in [1.54, 1.807) is 11.8 Å². The number of hydrogen-bond acceptors (Lipinski definition) is 6. The van der Waals surface area contributed by atoms with Crippen molar-refractivity contribution in [2.24, 2.45) is 0 Å². The largest absolute Gasteiger partial charge is 0.382 e. The molecule has 2 aromatic rings. The van der Waals surface area contributed by atoms with Crippen molar-refractivity contribution >= 4 is 34.1 Å². The second-order valence-corrected chi connectivity index (χ2v) is 5.57. The van der Waals surface area contributed by atoms with E-state index in [2.05, 4.69) is 19.9 Å². The van der Waals surface area contributed by atoms with Gasteiger partial charge in [0.25, 0.3) is 0 Å². The number of aromatic nitrogens is 3. The summed E-state index contributed by atoms with van der Waals surface area (Å²) in [6.07, 6.45) is 6.00. The SMILES string of the molecule is CSc1c(N)nsc1NCCCc1cn[nH]c1C. The number of aryl methyl sites for hydroxylation is 2. The normalized spacial score (nSPS) is 10.8. The summed E-state index contributed by atoms with van der Waals surface area (Å²) < 4.78 is 4.15. The molecule has 0 aliphatic carbocycles. The molecular formula is C11H17N5S2. The summed E-state index contributed by atoms with van der Waals surface area (Å²) in [5.74, 6) is 0.626. The van der Waals surface area contributed by atoms with Crippen LogP contribution in [0.2, 0.25) is 0 Å². The molecule has 0 aliphatic rings. The van der Waals surface area contributed by atoms with E-state index in [-0.39, 0.29) is 0 Å². The minimum atomic E-state index is 0.626. The van der Waals surface area contributed by atoms with Gasteiger partial charge >= 0.3 is 0 Å². The Morgan fingerprint density at radius 2 is 2.39 bits per heavy atom. The third kappa shape index (κ3) is 2.97. The summed E-state index contributed by atoms with van der Waals surface area (Å²) in [4.78, 5) is 1.06. The molecule has 2 heterocycles. The number of anilines is 2. The molecule has 98 valence electrons. The topological polar surface area (TPSA) is 79.6 Å². The molecule has 0 bridgehead atoms. The maximum Gasteiger partial charge on any atom is 0.153 e. The van der Waals surface area contributed by atoms with Gasteiger partial charge in [0.05, 0.1) is 11.1 Å². The zero-order valence-corrected chi connectivity index (χ0v) is 12.1. The lowest BCUT2D eigenvalue weighted by molar-refractivity contribution is 0.857. The van der Waals surface area contributed by atoms with Gasteiger partial charge in [-0.25, -0.2) is 0 Å². The number of rotatable bonds is 6. The molecule has 0 saturated heterocycles. The summed E-state index contributed by atoms with van der Waals surface area (Å²) in [6, 6.07) is 0. The lowest BCUT2D eigenvalue weighted by atomic mass is 10.1. The van der Waals surface area contributed by atoms with Gasteiger partial charge < -0.3 is 11.1 Å². The maximum absolute atomic E-state index is 5.78. The van der Waals surface area contributed by atoms with Crippen molar-refractivity contribution in [1.82, 2.24) is 14.6 Å². The fourth-order valence-electron chi connectivity index (χ4n) is 1.71. The maximum atomic E-state index is 5.78. The number of nitrogens with one attached hydrogen (secondary N) is 2. The van der Waals surface area contributed by atoms with Crippen LogP contribution in [0.25, 0.3) is 0 Å². The third-order valence-electron chi connectivity index (χ3n) is 2.72. The van der Waals surface area contributed by atoms with Crippen molar-refractivity contribution < 1.29 is 0 Å². The average Bonchev–Trinajstić information content (AvgIpc) is 2.91. The molecule has 0 atom stereocenters. The van der Waals surface area contributed by atoms with Crippen LogP contribution in [-0.2, 0) is 6.42 Å². The first-order chi connectivity index (χ1) is 8.72. The lowest BCUT2D eigenvalue weighted by Gasteiger charge is -2.05. The van der Waals surface area contributed by atoms with Crippen molar-refractivity contribution in [3.63, 3.8) is 0 Å². The number of thioether (sulfide) groups is 1. The molecule has 0 radical (unpaired) electrons. The first-order valence-electron chi connectivity index (χ1n) is 5.74. The highest BCUT2D eigenvalue weighted by atomic mass is 32.2. The van der Waals surface area contributed by atoms with Gasteiger partial charge in [-0.3, -0.25) is 5.10 Å². The quantitative estimate of drug-likeness (QED) is 0.561. The molecule has 0 saturated carbocycles. The molecule has 7 heteroatoms. The number of nitrogen functional groups attached to an aromatic ring is 1. The molecule has 2 rings (SSSR count). The van der Waals surface area contributed by atoms with Crippen molar-refractivity contribution in [1.29, 1.82) is 0 Å². The number of hydrogen-bond donors (Lipinski definition) is 3. The van der Waals surface area contributed by atoms with Crippen molar-refractivity contribution in [2.45, 2.75) is 24.7 Å². The first kappa shape index (κ1) is 13.2. The standard InChI is InChI=1S/C11H17N5S2/c1-7-8(6-14-15-7)4-3-5-13-11-9(17-2)10(12)16-18-11/h6,13H,3-5H2,1-2H3,(H2,12,16)(H,14,15). The average molecular weight is 283 g/mol. The Balaban J connectivity index is 1.80. The molecule has 0 unspecified atom stereocenters. The highest BCUT2D eigenvalue weighted by Crippen LogP contribution is 2.34. The van der Waals surface area contributed by atoms with Crippen LogP contribution in [0.3, 0.4) is 0 Å². The van der Waals surface area contributed by atoms with Gasteiger partial charge in [-0.2, -0.15) is 9.47 Å². The summed E-state index contributed by atoms with van der Waals surface area (Å²) in [5, 5.41) is 11.4. The molecule has 2 aromatic heterocycles. The number of H-pyrrole nitrogens is 1. The van der Waals surface area contributed by atoms with Crippen molar-refractivity contribution in [2.75, 3.05) is 23.9 Å². The van der Waals surface area contributed by atoms with Gasteiger partial charge in [-0.05, 0) is 43.1 Å². The fourth-order valence-corrected chi connectivity index (χ4v) is 3.28. The predicted molar refractivity (Wildman–Crippen MR) is 78.4 cm³/mol. The summed E-state index contributed by atoms with van der Waals surface area (Å²) in [6.45, 7) is 2.96. The molecule has 0 fully saturated rings. The monoisotopic (exact) mass is 283 g/mol. The van der Waals surface area contributed by atoms with E-state index in [9.17, 15) is 0 Å². The van der Waals surface area contributed by atoms with Gasteiger partial charge in [0.2, 0.25) is 0 Å². The van der Waals surface area contributed by atoms with Crippen LogP contribution in [0, 0.1) is 6.92 Å². The highest BCUT2D eigenvalue weighted by Gasteiger charge is 2.09. The Labute approximate surface area is 115 Å². The Morgan fingerprint density at radius 1 is 1.56 bits per heavy atom. The Bertz CT molecular complexity index is 505. The smallest absolute Gasteiger partial charge is 0.153 e. The van der Waals surface area contributed by atoms with E-state index in [0.717, 1.165) is 35.0 Å². The van der Waals surface area contributed by atoms with E-state index < -0.39 is 0 Å². The molecule has 18 heavy (non-hydrogen) atoms. The van der Waals surface area contributed by atoms with Crippen molar-refractivity contribution in [3.05, 3.63) is 17.5 Å². The summed E-state index contributed by atoms with van der Waals surface area (Å²) in [7, 11) is 0. The van der Waals surface area contributed by atoms with Crippen LogP contribution in [-0.4, -0.2) is 27.4 Å². The number of nitrogens with zero attached hydrogens (tertiary/aromatic N) is 2. The predicted octanol–water partition coefficient (Wildman–Crippen LogP) is 2.52. The second kappa shape index (κ2) is 6.10. The van der Waals surface area contributed by atoms with Crippen LogP contribution >= 0.6 is 23.3 Å². The summed E-state index contributed by atoms with van der Waals surface area (Å²) in [5.41, 5.74) is 8.22. The lowest BCUT2D eigenvalue weighted by Crippen LogP contribution is -2.02. The second-order valence-electron chi connectivity index (χ2n) is 3.98. The van der Waals surface area contributed by atoms with E-state index in [0.29, 0.717) is 5.82 Å². The van der Waals surface area contributed by atoms with Gasteiger partial charge in [0.15, 0.2) is 5.82 Å². The van der Waals surface area contributed by atoms with E-state index in [4.69, 9.17) is 5.73 Å². The molecule has 0 aliphatic heterocycles. The van der Waals surface area contributed by atoms with Gasteiger partial charge in [-0.15, -0.1) is 11.8 Å². The molecular weight excluding hydrogens is 266 g/mol. The van der Waals surface area contributed by atoms with E-state index in [1.807, 2.05) is 19.4 Å². The highest BCUT2D eigenvalue weighted by molar-refractivity contribution is 7.99. The molecule has 0 amide bonds. The van der Waals surface area contributed by atoms with E-state index in [1.165, 1.54) is 17.1 Å². The Hall–Kier alpha value is -1.21. The molecule has 0 spiro atoms. The minimum Gasteiger partial charge on any atom is -0.382 e. The third-order valence-corrected chi connectivity index (χ3v) is 4.49. The Morgan fingerprint density at radius 3 is 3.06 bits per heavy atom. The van der Waals surface area contributed by atoms with Crippen LogP contribution < -0.4 is 11.1 Å². The molecule has 4 N–H and O–H groups in total. The number of aromatic amines is 1. The summed E-state index contributed by atoms with van der Waals surface area (Å²) >= 11 is 3.06.